The zero-order chi connectivity index (χ0) is 13.2. The lowest BCUT2D eigenvalue weighted by Gasteiger charge is -2.06. The van der Waals surface area contributed by atoms with Crippen molar-refractivity contribution in [2.45, 2.75) is 40.0 Å². The minimum Gasteiger partial charge on any atom is -0.381 e. The highest BCUT2D eigenvalue weighted by Gasteiger charge is 1.92. The lowest BCUT2D eigenvalue weighted by molar-refractivity contribution is 0.948. The number of rotatable bonds is 7. The van der Waals surface area contributed by atoms with Gasteiger partial charge in [-0.2, -0.15) is 0 Å². The van der Waals surface area contributed by atoms with Gasteiger partial charge in [0.2, 0.25) is 0 Å². The first-order valence-corrected chi connectivity index (χ1v) is 6.82. The fourth-order valence-electron chi connectivity index (χ4n) is 1.87. The van der Waals surface area contributed by atoms with Crippen LogP contribution in [0.5, 0.6) is 0 Å². The van der Waals surface area contributed by atoms with E-state index in [1.807, 2.05) is 6.07 Å². The molecule has 0 aliphatic heterocycles. The van der Waals surface area contributed by atoms with Crippen LogP contribution in [0.2, 0.25) is 0 Å². The highest BCUT2D eigenvalue weighted by atomic mass is 14.9. The van der Waals surface area contributed by atoms with Gasteiger partial charge in [-0.05, 0) is 45.2 Å². The predicted octanol–water partition coefficient (Wildman–Crippen LogP) is 5.18. The van der Waals surface area contributed by atoms with Gasteiger partial charge in [0.25, 0.3) is 0 Å². The Morgan fingerprint density at radius 1 is 1.06 bits per heavy atom. The van der Waals surface area contributed by atoms with Crippen molar-refractivity contribution < 1.29 is 0 Å². The van der Waals surface area contributed by atoms with Crippen molar-refractivity contribution in [3.8, 4) is 0 Å². The summed E-state index contributed by atoms with van der Waals surface area (Å²) in [6, 6.07) is 10.3. The Bertz CT molecular complexity index is 387. The summed E-state index contributed by atoms with van der Waals surface area (Å²) >= 11 is 0. The van der Waals surface area contributed by atoms with E-state index in [-0.39, 0.29) is 0 Å². The smallest absolute Gasteiger partial charge is 0.0357 e. The van der Waals surface area contributed by atoms with Crippen molar-refractivity contribution in [2.24, 2.45) is 0 Å². The van der Waals surface area contributed by atoms with Gasteiger partial charge in [-0.3, -0.25) is 0 Å². The normalized spacial score (nSPS) is 12.6. The number of nitrogens with one attached hydrogen (secondary N) is 1. The molecule has 0 radical (unpaired) electrons. The standard InChI is InChI=1S/C17H25N/c1-4-9-15(2)10-8-11-16(3)14-18-17-12-6-5-7-13-17/h5-7,9,11-13,18H,4,8,10,14H2,1-3H3/b15-9+,16-11+. The average molecular weight is 243 g/mol. The van der Waals surface area contributed by atoms with Crippen molar-refractivity contribution >= 4 is 5.69 Å². The summed E-state index contributed by atoms with van der Waals surface area (Å²) in [4.78, 5) is 0. The van der Waals surface area contributed by atoms with Gasteiger partial charge in [0.15, 0.2) is 0 Å². The third-order valence-electron chi connectivity index (χ3n) is 2.93. The zero-order valence-electron chi connectivity index (χ0n) is 11.9. The number of hydrogen-bond donors (Lipinski definition) is 1. The third-order valence-corrected chi connectivity index (χ3v) is 2.93. The molecule has 0 aromatic heterocycles. The number of para-hydroxylation sites is 1. The van der Waals surface area contributed by atoms with Crippen LogP contribution in [-0.2, 0) is 0 Å². The van der Waals surface area contributed by atoms with Gasteiger partial charge in [-0.1, -0.05) is 48.4 Å². The quantitative estimate of drug-likeness (QED) is 0.650. The summed E-state index contributed by atoms with van der Waals surface area (Å²) in [6.07, 6.45) is 8.11. The van der Waals surface area contributed by atoms with E-state index in [0.29, 0.717) is 0 Å². The summed E-state index contributed by atoms with van der Waals surface area (Å²) in [5.74, 6) is 0. The van der Waals surface area contributed by atoms with Gasteiger partial charge in [-0.15, -0.1) is 0 Å². The van der Waals surface area contributed by atoms with E-state index in [1.54, 1.807) is 0 Å². The van der Waals surface area contributed by atoms with E-state index < -0.39 is 0 Å². The Morgan fingerprint density at radius 3 is 2.44 bits per heavy atom. The largest absolute Gasteiger partial charge is 0.381 e. The second-order valence-electron chi connectivity index (χ2n) is 4.77. The van der Waals surface area contributed by atoms with E-state index in [4.69, 9.17) is 0 Å². The Hall–Kier alpha value is -1.50. The van der Waals surface area contributed by atoms with Gasteiger partial charge in [0.05, 0.1) is 0 Å². The van der Waals surface area contributed by atoms with E-state index >= 15 is 0 Å². The monoisotopic (exact) mass is 243 g/mol. The molecule has 0 amide bonds. The molecule has 0 heterocycles. The maximum absolute atomic E-state index is 3.42. The van der Waals surface area contributed by atoms with Gasteiger partial charge in [0, 0.05) is 12.2 Å². The number of allylic oxidation sites excluding steroid dienone is 3. The molecule has 1 nitrogen and oxygen atoms in total. The molecule has 0 spiro atoms. The van der Waals surface area contributed by atoms with Gasteiger partial charge >= 0.3 is 0 Å². The first-order chi connectivity index (χ1) is 8.72. The van der Waals surface area contributed by atoms with Crippen LogP contribution in [0.1, 0.15) is 40.0 Å². The second-order valence-corrected chi connectivity index (χ2v) is 4.77. The Kier molecular flexibility index (Phi) is 6.93. The molecule has 0 fully saturated rings. The lowest BCUT2D eigenvalue weighted by Crippen LogP contribution is -2.02. The highest BCUT2D eigenvalue weighted by Crippen LogP contribution is 2.09. The summed E-state index contributed by atoms with van der Waals surface area (Å²) < 4.78 is 0. The molecule has 0 aliphatic rings. The second kappa shape index (κ2) is 8.57. The predicted molar refractivity (Wildman–Crippen MR) is 82.0 cm³/mol. The maximum atomic E-state index is 3.42. The van der Waals surface area contributed by atoms with E-state index in [2.05, 4.69) is 62.5 Å². The lowest BCUT2D eigenvalue weighted by atomic mass is 10.1. The first-order valence-electron chi connectivity index (χ1n) is 6.82. The van der Waals surface area contributed by atoms with Crippen LogP contribution in [0.4, 0.5) is 5.69 Å². The zero-order valence-corrected chi connectivity index (χ0v) is 11.9. The molecular formula is C17H25N. The number of hydrogen-bond acceptors (Lipinski definition) is 1. The van der Waals surface area contributed by atoms with E-state index in [0.717, 1.165) is 19.4 Å². The summed E-state index contributed by atoms with van der Waals surface area (Å²) in [5, 5.41) is 3.42. The SMILES string of the molecule is CC/C=C(\C)CC/C=C(\C)CNc1ccccc1. The third kappa shape index (κ3) is 6.29. The Balaban J connectivity index is 2.28. The van der Waals surface area contributed by atoms with Crippen LogP contribution in [0.25, 0.3) is 0 Å². The van der Waals surface area contributed by atoms with Crippen LogP contribution in [0.15, 0.2) is 53.6 Å². The van der Waals surface area contributed by atoms with Gasteiger partial charge < -0.3 is 5.32 Å². The molecule has 1 aromatic carbocycles. The average Bonchev–Trinajstić information content (AvgIpc) is 2.38. The van der Waals surface area contributed by atoms with Crippen LogP contribution in [0.3, 0.4) is 0 Å². The minimum absolute atomic E-state index is 0.931. The molecular weight excluding hydrogens is 218 g/mol. The molecule has 0 aliphatic carbocycles. The molecule has 0 saturated heterocycles. The summed E-state index contributed by atoms with van der Waals surface area (Å²) in [5.41, 5.74) is 4.09. The van der Waals surface area contributed by atoms with Crippen LogP contribution in [0, 0.1) is 0 Å². The van der Waals surface area contributed by atoms with Crippen molar-refractivity contribution in [1.29, 1.82) is 0 Å². The molecule has 0 atom stereocenters. The van der Waals surface area contributed by atoms with Crippen LogP contribution in [-0.4, -0.2) is 6.54 Å². The Labute approximate surface area is 112 Å². The minimum atomic E-state index is 0.931. The van der Waals surface area contributed by atoms with Crippen LogP contribution >= 0.6 is 0 Å². The molecule has 98 valence electrons. The highest BCUT2D eigenvalue weighted by molar-refractivity contribution is 5.43. The molecule has 1 heteroatoms. The molecule has 1 N–H and O–H groups in total. The van der Waals surface area contributed by atoms with Gasteiger partial charge in [0.1, 0.15) is 0 Å². The molecule has 18 heavy (non-hydrogen) atoms. The Morgan fingerprint density at radius 2 is 1.78 bits per heavy atom. The molecule has 1 aromatic rings. The van der Waals surface area contributed by atoms with Crippen LogP contribution < -0.4 is 5.32 Å². The van der Waals surface area contributed by atoms with E-state index in [1.165, 1.54) is 23.3 Å². The maximum Gasteiger partial charge on any atom is 0.0357 e. The van der Waals surface area contributed by atoms with Gasteiger partial charge in [-0.25, -0.2) is 0 Å². The van der Waals surface area contributed by atoms with E-state index in [9.17, 15) is 0 Å². The van der Waals surface area contributed by atoms with Crippen molar-refractivity contribution in [3.05, 3.63) is 53.6 Å². The molecule has 0 unspecified atom stereocenters. The first kappa shape index (κ1) is 14.6. The van der Waals surface area contributed by atoms with Crippen molar-refractivity contribution in [2.75, 3.05) is 11.9 Å². The topological polar surface area (TPSA) is 12.0 Å². The van der Waals surface area contributed by atoms with Crippen molar-refractivity contribution in [3.63, 3.8) is 0 Å². The summed E-state index contributed by atoms with van der Waals surface area (Å²) in [6.45, 7) is 7.53. The summed E-state index contributed by atoms with van der Waals surface area (Å²) in [7, 11) is 0. The van der Waals surface area contributed by atoms with Crippen molar-refractivity contribution in [1.82, 2.24) is 0 Å². The molecule has 1 rings (SSSR count). The number of benzene rings is 1. The number of anilines is 1. The fourth-order valence-corrected chi connectivity index (χ4v) is 1.87. The molecule has 0 saturated carbocycles. The molecule has 0 bridgehead atoms. The fraction of sp³-hybridized carbons (Fsp3) is 0.412.